The normalized spacial score (nSPS) is 11.2. The molecule has 0 atom stereocenters. The number of rotatable bonds is 3. The van der Waals surface area contributed by atoms with Crippen LogP contribution in [0.25, 0.3) is 0 Å². The van der Waals surface area contributed by atoms with Gasteiger partial charge < -0.3 is 9.84 Å². The lowest BCUT2D eigenvalue weighted by atomic mass is 9.87. The first kappa shape index (κ1) is 15.5. The predicted octanol–water partition coefficient (Wildman–Crippen LogP) is 4.58. The van der Waals surface area contributed by atoms with Gasteiger partial charge in [0.05, 0.1) is 0 Å². The molecule has 0 bridgehead atoms. The Morgan fingerprint density at radius 1 is 1.00 bits per heavy atom. The summed E-state index contributed by atoms with van der Waals surface area (Å²) >= 11 is 5.24. The summed E-state index contributed by atoms with van der Waals surface area (Å²) in [5, 5.41) is 9.69. The van der Waals surface area contributed by atoms with Crippen LogP contribution in [-0.4, -0.2) is 10.2 Å². The third kappa shape index (κ3) is 4.30. The SMILES string of the molecule is CC(C)(C)c1ccc(COC(=S)c2ccc(O)cc2)cc1. The van der Waals surface area contributed by atoms with E-state index in [0.29, 0.717) is 11.7 Å². The summed E-state index contributed by atoms with van der Waals surface area (Å²) in [5.74, 6) is 0.222. The van der Waals surface area contributed by atoms with Crippen molar-refractivity contribution in [1.82, 2.24) is 0 Å². The van der Waals surface area contributed by atoms with E-state index < -0.39 is 0 Å². The zero-order valence-corrected chi connectivity index (χ0v) is 13.4. The molecule has 0 heterocycles. The Morgan fingerprint density at radius 3 is 2.10 bits per heavy atom. The number of hydrogen-bond acceptors (Lipinski definition) is 3. The molecule has 2 rings (SSSR count). The van der Waals surface area contributed by atoms with Crippen molar-refractivity contribution in [1.29, 1.82) is 0 Å². The van der Waals surface area contributed by atoms with Gasteiger partial charge in [0.1, 0.15) is 12.4 Å². The van der Waals surface area contributed by atoms with Crippen molar-refractivity contribution < 1.29 is 9.84 Å². The monoisotopic (exact) mass is 300 g/mol. The average Bonchev–Trinajstić information content (AvgIpc) is 2.45. The number of phenols is 1. The fraction of sp³-hybridized carbons (Fsp3) is 0.278. The zero-order chi connectivity index (χ0) is 15.5. The molecule has 0 amide bonds. The molecular formula is C18H20O2S. The van der Waals surface area contributed by atoms with Crippen LogP contribution in [0.2, 0.25) is 0 Å². The third-order valence-electron chi connectivity index (χ3n) is 3.29. The minimum absolute atomic E-state index is 0.154. The molecule has 0 radical (unpaired) electrons. The molecule has 3 heteroatoms. The Balaban J connectivity index is 1.97. The summed E-state index contributed by atoms with van der Waals surface area (Å²) in [4.78, 5) is 0. The molecule has 2 nitrogen and oxygen atoms in total. The first-order valence-electron chi connectivity index (χ1n) is 6.92. The molecule has 0 saturated heterocycles. The number of aromatic hydroxyl groups is 1. The molecule has 2 aromatic carbocycles. The van der Waals surface area contributed by atoms with E-state index in [1.165, 1.54) is 5.56 Å². The molecule has 0 unspecified atom stereocenters. The summed E-state index contributed by atoms with van der Waals surface area (Å²) in [6, 6.07) is 15.1. The highest BCUT2D eigenvalue weighted by Crippen LogP contribution is 2.22. The highest BCUT2D eigenvalue weighted by Gasteiger charge is 2.13. The lowest BCUT2D eigenvalue weighted by Crippen LogP contribution is -2.11. The van der Waals surface area contributed by atoms with Crippen molar-refractivity contribution in [3.63, 3.8) is 0 Å². The maximum atomic E-state index is 9.25. The van der Waals surface area contributed by atoms with Gasteiger partial charge in [-0.15, -0.1) is 0 Å². The molecule has 0 aromatic heterocycles. The van der Waals surface area contributed by atoms with Crippen LogP contribution in [0.1, 0.15) is 37.5 Å². The maximum absolute atomic E-state index is 9.25. The molecule has 0 aliphatic heterocycles. The summed E-state index contributed by atoms with van der Waals surface area (Å²) in [5.41, 5.74) is 3.34. The standard InChI is InChI=1S/C18H20O2S/c1-18(2,3)15-8-4-13(5-9-15)12-20-17(21)14-6-10-16(19)11-7-14/h4-11,19H,12H2,1-3H3. The minimum atomic E-state index is 0.154. The van der Waals surface area contributed by atoms with E-state index in [2.05, 4.69) is 45.0 Å². The van der Waals surface area contributed by atoms with Gasteiger partial charge in [0.25, 0.3) is 0 Å². The van der Waals surface area contributed by atoms with Gasteiger partial charge in [-0.25, -0.2) is 0 Å². The van der Waals surface area contributed by atoms with Crippen molar-refractivity contribution in [3.8, 4) is 5.75 Å². The highest BCUT2D eigenvalue weighted by molar-refractivity contribution is 7.80. The second kappa shape index (κ2) is 6.27. The Morgan fingerprint density at radius 2 is 1.57 bits per heavy atom. The second-order valence-electron chi connectivity index (χ2n) is 6.07. The van der Waals surface area contributed by atoms with Gasteiger partial charge in [-0.1, -0.05) is 45.0 Å². The first-order chi connectivity index (χ1) is 9.86. The van der Waals surface area contributed by atoms with Crippen molar-refractivity contribution in [2.45, 2.75) is 32.8 Å². The van der Waals surface area contributed by atoms with Crippen LogP contribution in [0, 0.1) is 0 Å². The summed E-state index contributed by atoms with van der Waals surface area (Å²) in [7, 11) is 0. The number of benzene rings is 2. The third-order valence-corrected chi connectivity index (χ3v) is 3.65. The van der Waals surface area contributed by atoms with Crippen molar-refractivity contribution >= 4 is 17.3 Å². The van der Waals surface area contributed by atoms with Crippen LogP contribution in [0.4, 0.5) is 0 Å². The van der Waals surface area contributed by atoms with E-state index in [0.717, 1.165) is 11.1 Å². The average molecular weight is 300 g/mol. The van der Waals surface area contributed by atoms with Crippen molar-refractivity contribution in [3.05, 3.63) is 65.2 Å². The number of hydrogen-bond donors (Lipinski definition) is 1. The quantitative estimate of drug-likeness (QED) is 0.841. The fourth-order valence-corrected chi connectivity index (χ4v) is 2.13. The van der Waals surface area contributed by atoms with Crippen LogP contribution in [0.3, 0.4) is 0 Å². The number of thiocarbonyl (C=S) groups is 1. The van der Waals surface area contributed by atoms with E-state index in [1.807, 2.05) is 0 Å². The lowest BCUT2D eigenvalue weighted by Gasteiger charge is -2.19. The van der Waals surface area contributed by atoms with Gasteiger partial charge in [-0.05, 0) is 53.0 Å². The molecule has 1 N–H and O–H groups in total. The van der Waals surface area contributed by atoms with Crippen molar-refractivity contribution in [2.75, 3.05) is 0 Å². The van der Waals surface area contributed by atoms with E-state index >= 15 is 0 Å². The topological polar surface area (TPSA) is 29.5 Å². The number of phenolic OH excluding ortho intramolecular Hbond substituents is 1. The predicted molar refractivity (Wildman–Crippen MR) is 89.7 cm³/mol. The molecule has 0 aliphatic carbocycles. The van der Waals surface area contributed by atoms with E-state index in [-0.39, 0.29) is 11.2 Å². The van der Waals surface area contributed by atoms with Crippen LogP contribution < -0.4 is 0 Å². The first-order valence-corrected chi connectivity index (χ1v) is 7.33. The molecule has 0 fully saturated rings. The van der Waals surface area contributed by atoms with Crippen molar-refractivity contribution in [2.24, 2.45) is 0 Å². The Kier molecular flexibility index (Phi) is 4.63. The van der Waals surface area contributed by atoms with Gasteiger partial charge in [-0.2, -0.15) is 0 Å². The van der Waals surface area contributed by atoms with Crippen LogP contribution in [0.15, 0.2) is 48.5 Å². The summed E-state index contributed by atoms with van der Waals surface area (Å²) < 4.78 is 5.63. The van der Waals surface area contributed by atoms with E-state index in [9.17, 15) is 5.11 Å². The maximum Gasteiger partial charge on any atom is 0.191 e. The van der Waals surface area contributed by atoms with Gasteiger partial charge in [0, 0.05) is 5.56 Å². The molecule has 0 saturated carbocycles. The van der Waals surface area contributed by atoms with Gasteiger partial charge in [0.15, 0.2) is 5.05 Å². The molecule has 0 spiro atoms. The molecule has 21 heavy (non-hydrogen) atoms. The van der Waals surface area contributed by atoms with Crippen LogP contribution in [0.5, 0.6) is 5.75 Å². The van der Waals surface area contributed by atoms with Gasteiger partial charge in [0.2, 0.25) is 0 Å². The Labute approximate surface area is 131 Å². The molecule has 2 aromatic rings. The van der Waals surface area contributed by atoms with E-state index in [1.54, 1.807) is 24.3 Å². The summed E-state index contributed by atoms with van der Waals surface area (Å²) in [6.07, 6.45) is 0. The lowest BCUT2D eigenvalue weighted by molar-refractivity contribution is 0.302. The Bertz CT molecular complexity index is 607. The number of ether oxygens (including phenoxy) is 1. The fourth-order valence-electron chi connectivity index (χ4n) is 1.93. The molecular weight excluding hydrogens is 280 g/mol. The zero-order valence-electron chi connectivity index (χ0n) is 12.6. The summed E-state index contributed by atoms with van der Waals surface area (Å²) in [6.45, 7) is 7.03. The van der Waals surface area contributed by atoms with Crippen LogP contribution in [-0.2, 0) is 16.8 Å². The van der Waals surface area contributed by atoms with Crippen LogP contribution >= 0.6 is 12.2 Å². The van der Waals surface area contributed by atoms with Gasteiger partial charge in [-0.3, -0.25) is 0 Å². The second-order valence-corrected chi connectivity index (χ2v) is 6.44. The molecule has 0 aliphatic rings. The highest BCUT2D eigenvalue weighted by atomic mass is 32.1. The van der Waals surface area contributed by atoms with Gasteiger partial charge >= 0.3 is 0 Å². The smallest absolute Gasteiger partial charge is 0.191 e. The Hall–Kier alpha value is -1.87. The van der Waals surface area contributed by atoms with E-state index in [4.69, 9.17) is 17.0 Å². The minimum Gasteiger partial charge on any atom is -0.508 e. The largest absolute Gasteiger partial charge is 0.508 e. The molecule has 110 valence electrons.